The van der Waals surface area contributed by atoms with E-state index in [0.717, 1.165) is 25.7 Å². The third kappa shape index (κ3) is 4.38. The molecule has 1 aliphatic heterocycles. The van der Waals surface area contributed by atoms with Crippen LogP contribution in [0.3, 0.4) is 0 Å². The molecule has 2 heterocycles. The number of esters is 2. The molecule has 152 valence electrons. The number of carbonyl (C=O) groups excluding carboxylic acids is 3. The first-order valence-corrected chi connectivity index (χ1v) is 10.5. The maximum absolute atomic E-state index is 12.5. The van der Waals surface area contributed by atoms with Crippen LogP contribution in [-0.4, -0.2) is 37.2 Å². The highest BCUT2D eigenvalue weighted by molar-refractivity contribution is 7.14. The van der Waals surface area contributed by atoms with Crippen LogP contribution in [0, 0.1) is 5.92 Å². The Kier molecular flexibility index (Phi) is 6.39. The molecule has 0 saturated carbocycles. The van der Waals surface area contributed by atoms with E-state index in [0.29, 0.717) is 10.8 Å². The van der Waals surface area contributed by atoms with E-state index in [4.69, 9.17) is 9.47 Å². The number of amides is 2. The van der Waals surface area contributed by atoms with Crippen molar-refractivity contribution >= 4 is 29.3 Å². The smallest absolute Gasteiger partial charge is 0.348 e. The fraction of sp³-hybridized carbons (Fsp3) is 0.550. The second-order valence-electron chi connectivity index (χ2n) is 7.09. The number of urea groups is 1. The number of rotatable bonds is 6. The largest absolute Gasteiger partial charge is 0.463 e. The molecule has 1 aromatic heterocycles. The van der Waals surface area contributed by atoms with Crippen molar-refractivity contribution in [1.29, 1.82) is 0 Å². The number of thiophene rings is 1. The van der Waals surface area contributed by atoms with Gasteiger partial charge in [-0.3, -0.25) is 0 Å². The van der Waals surface area contributed by atoms with Crippen molar-refractivity contribution in [3.63, 3.8) is 0 Å². The lowest BCUT2D eigenvalue weighted by Gasteiger charge is -2.26. The summed E-state index contributed by atoms with van der Waals surface area (Å²) in [6.07, 6.45) is 4.31. The summed E-state index contributed by atoms with van der Waals surface area (Å²) in [6, 6.07) is 0.958. The van der Waals surface area contributed by atoms with Gasteiger partial charge in [0.15, 0.2) is 0 Å². The number of hydrogen-bond donors (Lipinski definition) is 2. The van der Waals surface area contributed by atoms with Crippen LogP contribution in [0.1, 0.15) is 53.7 Å². The molecule has 7 nitrogen and oxygen atoms in total. The number of ether oxygens (including phenoxy) is 2. The highest BCUT2D eigenvalue weighted by atomic mass is 32.1. The predicted molar refractivity (Wildman–Crippen MR) is 105 cm³/mol. The normalized spacial score (nSPS) is 21.5. The molecule has 2 atom stereocenters. The Labute approximate surface area is 168 Å². The maximum Gasteiger partial charge on any atom is 0.348 e. The minimum absolute atomic E-state index is 0.190. The summed E-state index contributed by atoms with van der Waals surface area (Å²) < 4.78 is 10.5. The van der Waals surface area contributed by atoms with Gasteiger partial charge in [-0.1, -0.05) is 13.3 Å². The molecule has 0 bridgehead atoms. The number of fused-ring (bicyclic) bond motifs is 1. The van der Waals surface area contributed by atoms with E-state index < -0.39 is 24.0 Å². The molecule has 8 heteroatoms. The third-order valence-corrected chi connectivity index (χ3v) is 6.39. The molecular weight excluding hydrogens is 380 g/mol. The van der Waals surface area contributed by atoms with Gasteiger partial charge < -0.3 is 20.1 Å². The van der Waals surface area contributed by atoms with Gasteiger partial charge in [0.2, 0.25) is 0 Å². The molecule has 3 rings (SSSR count). The summed E-state index contributed by atoms with van der Waals surface area (Å²) in [6.45, 7) is 5.62. The third-order valence-electron chi connectivity index (χ3n) is 5.18. The Bertz CT molecular complexity index is 814. The molecular formula is C20H26N2O5S. The van der Waals surface area contributed by atoms with E-state index >= 15 is 0 Å². The highest BCUT2D eigenvalue weighted by Gasteiger charge is 2.30. The maximum atomic E-state index is 12.5. The fourth-order valence-corrected chi connectivity index (χ4v) is 4.75. The van der Waals surface area contributed by atoms with E-state index in [9.17, 15) is 14.4 Å². The van der Waals surface area contributed by atoms with E-state index in [-0.39, 0.29) is 24.5 Å². The summed E-state index contributed by atoms with van der Waals surface area (Å²) in [7, 11) is 0. The summed E-state index contributed by atoms with van der Waals surface area (Å²) in [5, 5.41) is 5.17. The lowest BCUT2D eigenvalue weighted by atomic mass is 9.87. The molecule has 0 spiro atoms. The molecule has 0 unspecified atom stereocenters. The first-order valence-electron chi connectivity index (χ1n) is 9.69. The lowest BCUT2D eigenvalue weighted by molar-refractivity contribution is -0.139. The first kappa shape index (κ1) is 20.4. The molecule has 2 aliphatic rings. The molecule has 2 amide bonds. The van der Waals surface area contributed by atoms with Crippen molar-refractivity contribution in [2.45, 2.75) is 52.5 Å². The molecule has 1 aromatic rings. The van der Waals surface area contributed by atoms with E-state index in [1.54, 1.807) is 13.8 Å². The van der Waals surface area contributed by atoms with Gasteiger partial charge in [0, 0.05) is 4.88 Å². The predicted octanol–water partition coefficient (Wildman–Crippen LogP) is 2.94. The average molecular weight is 407 g/mol. The van der Waals surface area contributed by atoms with Crippen LogP contribution in [0.15, 0.2) is 17.3 Å². The van der Waals surface area contributed by atoms with Gasteiger partial charge in [-0.25, -0.2) is 14.4 Å². The summed E-state index contributed by atoms with van der Waals surface area (Å²) >= 11 is 1.48. The molecule has 28 heavy (non-hydrogen) atoms. The Morgan fingerprint density at radius 2 is 2.04 bits per heavy atom. The van der Waals surface area contributed by atoms with Crippen molar-refractivity contribution in [3.05, 3.63) is 32.7 Å². The molecule has 2 N–H and O–H groups in total. The second-order valence-corrected chi connectivity index (χ2v) is 8.22. The zero-order valence-electron chi connectivity index (χ0n) is 16.4. The SMILES string of the molecule is CCOC(=O)C1=C(COC(=O)c2cc3c(s2)CC[C@@H](CC)C3)NC(=O)N[C@H]1C. The van der Waals surface area contributed by atoms with Gasteiger partial charge in [-0.2, -0.15) is 0 Å². The number of carbonyl (C=O) groups is 3. The summed E-state index contributed by atoms with van der Waals surface area (Å²) in [5.41, 5.74) is 1.77. The molecule has 0 radical (unpaired) electrons. The van der Waals surface area contributed by atoms with Crippen LogP contribution in [0.25, 0.3) is 0 Å². The van der Waals surface area contributed by atoms with E-state index in [1.165, 1.54) is 21.8 Å². The van der Waals surface area contributed by atoms with E-state index in [1.807, 2.05) is 6.07 Å². The summed E-state index contributed by atoms with van der Waals surface area (Å²) in [5.74, 6) is -0.302. The van der Waals surface area contributed by atoms with Crippen molar-refractivity contribution in [1.82, 2.24) is 10.6 Å². The van der Waals surface area contributed by atoms with E-state index in [2.05, 4.69) is 17.6 Å². The van der Waals surface area contributed by atoms with Crippen molar-refractivity contribution in [2.24, 2.45) is 5.92 Å². The van der Waals surface area contributed by atoms with Crippen LogP contribution in [0.2, 0.25) is 0 Å². The van der Waals surface area contributed by atoms with Gasteiger partial charge in [-0.15, -0.1) is 11.3 Å². The van der Waals surface area contributed by atoms with Gasteiger partial charge in [0.05, 0.1) is 23.9 Å². The fourth-order valence-electron chi connectivity index (χ4n) is 3.65. The minimum atomic E-state index is -0.536. The number of nitrogens with one attached hydrogen (secondary N) is 2. The molecule has 0 fully saturated rings. The van der Waals surface area contributed by atoms with Gasteiger partial charge in [0.25, 0.3) is 0 Å². The van der Waals surface area contributed by atoms with Gasteiger partial charge >= 0.3 is 18.0 Å². The zero-order valence-corrected chi connectivity index (χ0v) is 17.2. The standard InChI is InChI=1S/C20H26N2O5S/c1-4-12-6-7-15-13(8-12)9-16(28-15)18(23)27-10-14-17(19(24)26-5-2)11(3)21-20(25)22-14/h9,11-12H,4-8,10H2,1-3H3,(H2,21,22,25)/t11-,12+/m0/s1. The Morgan fingerprint density at radius 3 is 2.75 bits per heavy atom. The van der Waals surface area contributed by atoms with Crippen LogP contribution in [-0.2, 0) is 27.1 Å². The topological polar surface area (TPSA) is 93.7 Å². The quantitative estimate of drug-likeness (QED) is 0.709. The Hall–Kier alpha value is -2.35. The van der Waals surface area contributed by atoms with Gasteiger partial charge in [0.1, 0.15) is 11.5 Å². The van der Waals surface area contributed by atoms with Crippen LogP contribution in [0.5, 0.6) is 0 Å². The minimum Gasteiger partial charge on any atom is -0.463 e. The average Bonchev–Trinajstić information content (AvgIpc) is 3.08. The lowest BCUT2D eigenvalue weighted by Crippen LogP contribution is -2.50. The highest BCUT2D eigenvalue weighted by Crippen LogP contribution is 2.33. The van der Waals surface area contributed by atoms with Crippen molar-refractivity contribution < 1.29 is 23.9 Å². The summed E-state index contributed by atoms with van der Waals surface area (Å²) in [4.78, 5) is 38.4. The molecule has 0 saturated heterocycles. The van der Waals surface area contributed by atoms with Crippen LogP contribution in [0.4, 0.5) is 4.79 Å². The van der Waals surface area contributed by atoms with Gasteiger partial charge in [-0.05, 0) is 50.7 Å². The molecule has 1 aliphatic carbocycles. The number of aryl methyl sites for hydroxylation is 1. The Balaban J connectivity index is 1.72. The first-order chi connectivity index (χ1) is 13.4. The molecule has 0 aromatic carbocycles. The number of hydrogen-bond acceptors (Lipinski definition) is 6. The zero-order chi connectivity index (χ0) is 20.3. The Morgan fingerprint density at radius 1 is 1.25 bits per heavy atom. The van der Waals surface area contributed by atoms with Crippen molar-refractivity contribution in [2.75, 3.05) is 13.2 Å². The van der Waals surface area contributed by atoms with Crippen LogP contribution >= 0.6 is 11.3 Å². The monoisotopic (exact) mass is 406 g/mol. The second kappa shape index (κ2) is 8.77. The van der Waals surface area contributed by atoms with Crippen molar-refractivity contribution in [3.8, 4) is 0 Å². The van der Waals surface area contributed by atoms with Crippen LogP contribution < -0.4 is 10.6 Å².